The van der Waals surface area contributed by atoms with Gasteiger partial charge in [-0.15, -0.1) is 0 Å². The normalized spacial score (nSPS) is 14.4. The van der Waals surface area contributed by atoms with Gasteiger partial charge < -0.3 is 4.74 Å². The van der Waals surface area contributed by atoms with Crippen molar-refractivity contribution in [1.82, 2.24) is 5.32 Å². The van der Waals surface area contributed by atoms with Gasteiger partial charge in [0.05, 0.1) is 12.7 Å². The van der Waals surface area contributed by atoms with Crippen molar-refractivity contribution in [3.05, 3.63) is 29.8 Å². The fourth-order valence-electron chi connectivity index (χ4n) is 2.00. The molecule has 0 aliphatic carbocycles. The molecule has 1 aromatic rings. The van der Waals surface area contributed by atoms with Crippen molar-refractivity contribution in [2.24, 2.45) is 0 Å². The van der Waals surface area contributed by atoms with Gasteiger partial charge in [-0.1, -0.05) is 39.8 Å². The van der Waals surface area contributed by atoms with E-state index in [1.807, 2.05) is 26.0 Å². The van der Waals surface area contributed by atoms with Gasteiger partial charge in [-0.3, -0.25) is 5.32 Å². The molecular weight excluding hydrogens is 248 g/mol. The van der Waals surface area contributed by atoms with Crippen LogP contribution in [0.1, 0.15) is 46.6 Å². The van der Waals surface area contributed by atoms with Crippen molar-refractivity contribution in [1.29, 1.82) is 5.26 Å². The zero-order chi connectivity index (χ0) is 15.2. The number of hydrogen-bond acceptors (Lipinski definition) is 3. The monoisotopic (exact) mass is 274 g/mol. The van der Waals surface area contributed by atoms with Gasteiger partial charge in [0.15, 0.2) is 0 Å². The van der Waals surface area contributed by atoms with E-state index < -0.39 is 5.54 Å². The maximum atomic E-state index is 9.17. The second-order valence-corrected chi connectivity index (χ2v) is 6.35. The number of nitrogens with zero attached hydrogens (tertiary/aromatic N) is 1. The summed E-state index contributed by atoms with van der Waals surface area (Å²) in [7, 11) is 0. The minimum atomic E-state index is -0.514. The van der Waals surface area contributed by atoms with E-state index in [-0.39, 0.29) is 5.41 Å². The van der Waals surface area contributed by atoms with E-state index >= 15 is 0 Å². The van der Waals surface area contributed by atoms with Crippen LogP contribution in [0.5, 0.6) is 5.75 Å². The Balaban J connectivity index is 2.53. The van der Waals surface area contributed by atoms with E-state index in [4.69, 9.17) is 4.74 Å². The van der Waals surface area contributed by atoms with Crippen LogP contribution >= 0.6 is 0 Å². The molecule has 0 saturated heterocycles. The molecule has 0 spiro atoms. The summed E-state index contributed by atoms with van der Waals surface area (Å²) in [5, 5.41) is 12.4. The molecule has 1 N–H and O–H groups in total. The molecule has 1 atom stereocenters. The number of benzene rings is 1. The summed E-state index contributed by atoms with van der Waals surface area (Å²) in [6.07, 6.45) is 0.665. The molecule has 0 aliphatic rings. The van der Waals surface area contributed by atoms with Crippen LogP contribution in [0.25, 0.3) is 0 Å². The summed E-state index contributed by atoms with van der Waals surface area (Å²) in [5.74, 6) is 0.856. The van der Waals surface area contributed by atoms with Gasteiger partial charge in [0.25, 0.3) is 0 Å². The third-order valence-electron chi connectivity index (χ3n) is 3.40. The van der Waals surface area contributed by atoms with Crippen molar-refractivity contribution in [3.8, 4) is 11.8 Å². The molecule has 1 aromatic carbocycles. The standard InChI is InChI=1S/C17H26N2O/c1-6-19-17(5,13-18)11-12-20-15-9-7-14(8-10-15)16(2,3)4/h7-10,19H,6,11-12H2,1-5H3. The lowest BCUT2D eigenvalue weighted by atomic mass is 9.87. The molecule has 3 nitrogen and oxygen atoms in total. The predicted octanol–water partition coefficient (Wildman–Crippen LogP) is 3.64. The third-order valence-corrected chi connectivity index (χ3v) is 3.40. The highest BCUT2D eigenvalue weighted by atomic mass is 16.5. The number of rotatable bonds is 6. The van der Waals surface area contributed by atoms with Gasteiger partial charge in [-0.05, 0) is 36.6 Å². The molecule has 0 amide bonds. The van der Waals surface area contributed by atoms with Gasteiger partial charge in [0.1, 0.15) is 11.3 Å². The lowest BCUT2D eigenvalue weighted by Crippen LogP contribution is -2.42. The van der Waals surface area contributed by atoms with Crippen molar-refractivity contribution in [2.45, 2.75) is 52.0 Å². The summed E-state index contributed by atoms with van der Waals surface area (Å²) in [4.78, 5) is 0. The first-order valence-corrected chi connectivity index (χ1v) is 7.20. The fraction of sp³-hybridized carbons (Fsp3) is 0.588. The van der Waals surface area contributed by atoms with E-state index in [9.17, 15) is 5.26 Å². The Hall–Kier alpha value is -1.53. The molecule has 110 valence electrons. The lowest BCUT2D eigenvalue weighted by molar-refractivity contribution is 0.268. The van der Waals surface area contributed by atoms with Crippen molar-refractivity contribution in [2.75, 3.05) is 13.2 Å². The van der Waals surface area contributed by atoms with Crippen LogP contribution in [0.4, 0.5) is 0 Å². The Bertz CT molecular complexity index is 453. The first-order valence-electron chi connectivity index (χ1n) is 7.20. The molecule has 0 fully saturated rings. The Morgan fingerprint density at radius 2 is 1.75 bits per heavy atom. The molecule has 0 bridgehead atoms. The highest BCUT2D eigenvalue weighted by Gasteiger charge is 2.22. The minimum absolute atomic E-state index is 0.156. The van der Waals surface area contributed by atoms with E-state index in [1.165, 1.54) is 5.56 Å². The van der Waals surface area contributed by atoms with Crippen molar-refractivity contribution >= 4 is 0 Å². The van der Waals surface area contributed by atoms with Gasteiger partial charge in [0.2, 0.25) is 0 Å². The summed E-state index contributed by atoms with van der Waals surface area (Å²) >= 11 is 0. The fourth-order valence-corrected chi connectivity index (χ4v) is 2.00. The first kappa shape index (κ1) is 16.5. The predicted molar refractivity (Wildman–Crippen MR) is 82.9 cm³/mol. The number of nitriles is 1. The Kier molecular flexibility index (Phi) is 5.59. The first-order chi connectivity index (χ1) is 9.30. The molecular formula is C17H26N2O. The van der Waals surface area contributed by atoms with Crippen molar-refractivity contribution in [3.63, 3.8) is 0 Å². The molecule has 3 heteroatoms. The highest BCUT2D eigenvalue weighted by Crippen LogP contribution is 2.24. The smallest absolute Gasteiger partial charge is 0.119 e. The Morgan fingerprint density at radius 3 is 2.20 bits per heavy atom. The Morgan fingerprint density at radius 1 is 1.15 bits per heavy atom. The summed E-state index contributed by atoms with van der Waals surface area (Å²) in [6.45, 7) is 11.8. The largest absolute Gasteiger partial charge is 0.493 e. The van der Waals surface area contributed by atoms with Gasteiger partial charge in [-0.2, -0.15) is 5.26 Å². The van der Waals surface area contributed by atoms with E-state index in [2.05, 4.69) is 44.3 Å². The highest BCUT2D eigenvalue weighted by molar-refractivity contribution is 5.31. The van der Waals surface area contributed by atoms with Crippen LogP contribution in [0, 0.1) is 11.3 Å². The van der Waals surface area contributed by atoms with Crippen LogP contribution in [0.2, 0.25) is 0 Å². The zero-order valence-corrected chi connectivity index (χ0v) is 13.3. The zero-order valence-electron chi connectivity index (χ0n) is 13.3. The second kappa shape index (κ2) is 6.76. The number of ether oxygens (including phenoxy) is 1. The third kappa shape index (κ3) is 4.86. The summed E-state index contributed by atoms with van der Waals surface area (Å²) < 4.78 is 5.73. The molecule has 1 rings (SSSR count). The molecule has 0 aromatic heterocycles. The van der Waals surface area contributed by atoms with E-state index in [1.54, 1.807) is 0 Å². The quantitative estimate of drug-likeness (QED) is 0.861. The summed E-state index contributed by atoms with van der Waals surface area (Å²) in [5.41, 5.74) is 0.933. The molecule has 0 saturated carbocycles. The SMILES string of the molecule is CCNC(C)(C#N)CCOc1ccc(C(C)(C)C)cc1. The lowest BCUT2D eigenvalue weighted by Gasteiger charge is -2.22. The maximum absolute atomic E-state index is 9.17. The van der Waals surface area contributed by atoms with E-state index in [0.717, 1.165) is 12.3 Å². The molecule has 20 heavy (non-hydrogen) atoms. The second-order valence-electron chi connectivity index (χ2n) is 6.35. The number of hydrogen-bond donors (Lipinski definition) is 1. The summed E-state index contributed by atoms with van der Waals surface area (Å²) in [6, 6.07) is 10.5. The van der Waals surface area contributed by atoms with Crippen LogP contribution < -0.4 is 10.1 Å². The minimum Gasteiger partial charge on any atom is -0.493 e. The van der Waals surface area contributed by atoms with Gasteiger partial charge >= 0.3 is 0 Å². The van der Waals surface area contributed by atoms with Gasteiger partial charge in [-0.25, -0.2) is 0 Å². The van der Waals surface area contributed by atoms with Crippen LogP contribution in [0.15, 0.2) is 24.3 Å². The van der Waals surface area contributed by atoms with Gasteiger partial charge in [0, 0.05) is 6.42 Å². The average Bonchev–Trinajstić information content (AvgIpc) is 2.38. The van der Waals surface area contributed by atoms with Crippen molar-refractivity contribution < 1.29 is 4.74 Å². The molecule has 0 heterocycles. The van der Waals surface area contributed by atoms with E-state index in [0.29, 0.717) is 13.0 Å². The molecule has 1 unspecified atom stereocenters. The van der Waals surface area contributed by atoms with Crippen LogP contribution in [-0.2, 0) is 5.41 Å². The average molecular weight is 274 g/mol. The number of nitrogens with one attached hydrogen (secondary N) is 1. The Labute approximate surface area is 123 Å². The van der Waals surface area contributed by atoms with Crippen LogP contribution in [0.3, 0.4) is 0 Å². The molecule has 0 radical (unpaired) electrons. The molecule has 0 aliphatic heterocycles. The maximum Gasteiger partial charge on any atom is 0.119 e. The van der Waals surface area contributed by atoms with Crippen LogP contribution in [-0.4, -0.2) is 18.7 Å². The topological polar surface area (TPSA) is 45.0 Å².